The SMILES string of the molecule is CC12CCC(C1)C(C)(C)C2NC1CCCC(C(=O)O)C1. The highest BCUT2D eigenvalue weighted by molar-refractivity contribution is 5.70. The van der Waals surface area contributed by atoms with E-state index in [0.717, 1.165) is 31.6 Å². The van der Waals surface area contributed by atoms with Crippen LogP contribution in [0.1, 0.15) is 65.7 Å². The van der Waals surface area contributed by atoms with Gasteiger partial charge in [0.2, 0.25) is 0 Å². The highest BCUT2D eigenvalue weighted by Crippen LogP contribution is 2.62. The van der Waals surface area contributed by atoms with Gasteiger partial charge in [-0.3, -0.25) is 4.79 Å². The number of nitrogens with one attached hydrogen (secondary N) is 1. The Morgan fingerprint density at radius 3 is 2.55 bits per heavy atom. The fraction of sp³-hybridized carbons (Fsp3) is 0.941. The van der Waals surface area contributed by atoms with Crippen molar-refractivity contribution in [3.8, 4) is 0 Å². The molecule has 3 aliphatic rings. The van der Waals surface area contributed by atoms with Crippen LogP contribution in [0.4, 0.5) is 0 Å². The molecular formula is C17H29NO2. The van der Waals surface area contributed by atoms with Crippen molar-refractivity contribution in [3.63, 3.8) is 0 Å². The van der Waals surface area contributed by atoms with Gasteiger partial charge in [-0.25, -0.2) is 0 Å². The molecule has 2 bridgehead atoms. The summed E-state index contributed by atoms with van der Waals surface area (Å²) in [5, 5.41) is 13.1. The maximum atomic E-state index is 11.2. The first-order valence-electron chi connectivity index (χ1n) is 8.32. The van der Waals surface area contributed by atoms with E-state index in [-0.39, 0.29) is 5.92 Å². The Balaban J connectivity index is 1.69. The predicted octanol–water partition coefficient (Wildman–Crippen LogP) is 3.43. The molecule has 3 nitrogen and oxygen atoms in total. The van der Waals surface area contributed by atoms with E-state index < -0.39 is 5.97 Å². The quantitative estimate of drug-likeness (QED) is 0.832. The number of carboxylic acids is 1. The third-order valence-electron chi connectivity index (χ3n) is 6.70. The zero-order valence-corrected chi connectivity index (χ0v) is 13.1. The molecule has 0 aliphatic heterocycles. The number of aliphatic carboxylic acids is 1. The molecule has 0 amide bonds. The lowest BCUT2D eigenvalue weighted by molar-refractivity contribution is -0.143. The van der Waals surface area contributed by atoms with Gasteiger partial charge in [0.25, 0.3) is 0 Å². The van der Waals surface area contributed by atoms with Gasteiger partial charge in [-0.2, -0.15) is 0 Å². The predicted molar refractivity (Wildman–Crippen MR) is 79.5 cm³/mol. The van der Waals surface area contributed by atoms with E-state index >= 15 is 0 Å². The lowest BCUT2D eigenvalue weighted by atomic mass is 9.68. The van der Waals surface area contributed by atoms with Gasteiger partial charge in [-0.15, -0.1) is 0 Å². The molecule has 2 N–H and O–H groups in total. The molecule has 3 rings (SSSR count). The minimum atomic E-state index is -0.602. The van der Waals surface area contributed by atoms with Crippen LogP contribution in [0.3, 0.4) is 0 Å². The second kappa shape index (κ2) is 4.72. The molecule has 5 unspecified atom stereocenters. The number of carbonyl (C=O) groups is 1. The summed E-state index contributed by atoms with van der Waals surface area (Å²) in [7, 11) is 0. The number of hydrogen-bond acceptors (Lipinski definition) is 2. The van der Waals surface area contributed by atoms with Crippen molar-refractivity contribution >= 4 is 5.97 Å². The fourth-order valence-corrected chi connectivity index (χ4v) is 5.52. The van der Waals surface area contributed by atoms with Crippen molar-refractivity contribution in [1.29, 1.82) is 0 Å². The van der Waals surface area contributed by atoms with E-state index in [0.29, 0.717) is 22.9 Å². The van der Waals surface area contributed by atoms with Gasteiger partial charge in [0, 0.05) is 12.1 Å². The van der Waals surface area contributed by atoms with Gasteiger partial charge in [-0.1, -0.05) is 27.2 Å². The maximum absolute atomic E-state index is 11.2. The number of carboxylic acid groups (broad SMARTS) is 1. The largest absolute Gasteiger partial charge is 0.481 e. The van der Waals surface area contributed by atoms with Crippen LogP contribution >= 0.6 is 0 Å². The standard InChI is InChI=1S/C17H29NO2/c1-16(2)12-7-8-17(3,10-12)15(16)18-13-6-4-5-11(9-13)14(19)20/h11-13,15,18H,4-10H2,1-3H3,(H,19,20). The monoisotopic (exact) mass is 279 g/mol. The summed E-state index contributed by atoms with van der Waals surface area (Å²) in [4.78, 5) is 11.2. The number of fused-ring (bicyclic) bond motifs is 2. The van der Waals surface area contributed by atoms with Crippen LogP contribution in [0.15, 0.2) is 0 Å². The van der Waals surface area contributed by atoms with Crippen LogP contribution in [0, 0.1) is 22.7 Å². The Morgan fingerprint density at radius 2 is 1.95 bits per heavy atom. The van der Waals surface area contributed by atoms with Gasteiger partial charge in [0.05, 0.1) is 5.92 Å². The molecule has 0 aromatic rings. The van der Waals surface area contributed by atoms with E-state index in [4.69, 9.17) is 0 Å². The van der Waals surface area contributed by atoms with Gasteiger partial charge in [0.15, 0.2) is 0 Å². The molecular weight excluding hydrogens is 250 g/mol. The second-order valence-corrected chi connectivity index (χ2v) is 8.41. The average molecular weight is 279 g/mol. The Bertz CT molecular complexity index is 401. The molecule has 5 atom stereocenters. The topological polar surface area (TPSA) is 49.3 Å². The van der Waals surface area contributed by atoms with Crippen molar-refractivity contribution in [1.82, 2.24) is 5.32 Å². The molecule has 114 valence electrons. The van der Waals surface area contributed by atoms with Crippen LogP contribution in [0.25, 0.3) is 0 Å². The molecule has 3 heteroatoms. The minimum Gasteiger partial charge on any atom is -0.481 e. The zero-order valence-electron chi connectivity index (χ0n) is 13.1. The number of hydrogen-bond donors (Lipinski definition) is 2. The third kappa shape index (κ3) is 2.18. The van der Waals surface area contributed by atoms with Gasteiger partial charge in [-0.05, 0) is 55.3 Å². The summed E-state index contributed by atoms with van der Waals surface area (Å²) < 4.78 is 0. The summed E-state index contributed by atoms with van der Waals surface area (Å²) in [5.74, 6) is 0.120. The first kappa shape index (κ1) is 14.4. The Morgan fingerprint density at radius 1 is 1.20 bits per heavy atom. The van der Waals surface area contributed by atoms with E-state index in [1.807, 2.05) is 0 Å². The van der Waals surface area contributed by atoms with Crippen molar-refractivity contribution in [2.45, 2.75) is 77.8 Å². The van der Waals surface area contributed by atoms with E-state index in [1.54, 1.807) is 0 Å². The molecule has 0 radical (unpaired) electrons. The van der Waals surface area contributed by atoms with E-state index in [1.165, 1.54) is 19.3 Å². The van der Waals surface area contributed by atoms with Crippen molar-refractivity contribution in [2.75, 3.05) is 0 Å². The van der Waals surface area contributed by atoms with Gasteiger partial charge >= 0.3 is 5.97 Å². The van der Waals surface area contributed by atoms with Gasteiger partial charge < -0.3 is 10.4 Å². The van der Waals surface area contributed by atoms with Crippen LogP contribution in [-0.4, -0.2) is 23.2 Å². The molecule has 20 heavy (non-hydrogen) atoms. The van der Waals surface area contributed by atoms with Crippen molar-refractivity contribution in [2.24, 2.45) is 22.7 Å². The Hall–Kier alpha value is -0.570. The molecule has 0 aromatic heterocycles. The minimum absolute atomic E-state index is 0.129. The van der Waals surface area contributed by atoms with E-state index in [2.05, 4.69) is 26.1 Å². The zero-order chi connectivity index (χ0) is 14.5. The van der Waals surface area contributed by atoms with E-state index in [9.17, 15) is 9.90 Å². The lowest BCUT2D eigenvalue weighted by Crippen LogP contribution is -2.54. The second-order valence-electron chi connectivity index (χ2n) is 8.41. The third-order valence-corrected chi connectivity index (χ3v) is 6.70. The first-order chi connectivity index (χ1) is 9.33. The Labute approximate surface area is 122 Å². The summed E-state index contributed by atoms with van der Waals surface area (Å²) in [5.41, 5.74) is 0.799. The maximum Gasteiger partial charge on any atom is 0.306 e. The molecule has 0 spiro atoms. The smallest absolute Gasteiger partial charge is 0.306 e. The summed E-state index contributed by atoms with van der Waals surface area (Å²) in [6.45, 7) is 7.27. The average Bonchev–Trinajstić information content (AvgIpc) is 2.86. The molecule has 0 aromatic carbocycles. The highest BCUT2D eigenvalue weighted by Gasteiger charge is 2.59. The molecule has 0 heterocycles. The fourth-order valence-electron chi connectivity index (χ4n) is 5.52. The Kier molecular flexibility index (Phi) is 3.39. The summed E-state index contributed by atoms with van der Waals surface area (Å²) in [6.07, 6.45) is 7.97. The molecule has 3 aliphatic carbocycles. The molecule has 3 saturated carbocycles. The van der Waals surface area contributed by atoms with Crippen LogP contribution in [0.2, 0.25) is 0 Å². The highest BCUT2D eigenvalue weighted by atomic mass is 16.4. The van der Waals surface area contributed by atoms with Crippen molar-refractivity contribution in [3.05, 3.63) is 0 Å². The lowest BCUT2D eigenvalue weighted by Gasteiger charge is -2.46. The van der Waals surface area contributed by atoms with Crippen LogP contribution in [-0.2, 0) is 4.79 Å². The normalized spacial score (nSPS) is 46.5. The summed E-state index contributed by atoms with van der Waals surface area (Å²) in [6, 6.07) is 0.969. The van der Waals surface area contributed by atoms with Crippen LogP contribution in [0.5, 0.6) is 0 Å². The molecule has 0 saturated heterocycles. The van der Waals surface area contributed by atoms with Crippen molar-refractivity contribution < 1.29 is 9.90 Å². The van der Waals surface area contributed by atoms with Gasteiger partial charge in [0.1, 0.15) is 0 Å². The number of rotatable bonds is 3. The van der Waals surface area contributed by atoms with Crippen LogP contribution < -0.4 is 5.32 Å². The first-order valence-corrected chi connectivity index (χ1v) is 8.32. The molecule has 3 fully saturated rings. The summed E-state index contributed by atoms with van der Waals surface area (Å²) >= 11 is 0.